The van der Waals surface area contributed by atoms with Crippen molar-refractivity contribution in [3.8, 4) is 0 Å². The molecule has 0 aliphatic rings. The SMILES string of the molecule is Cc1c([B]OC(C)(C)C(C)(C)S)cccc1NC(=O)c1cn(CC(C)O)c(=O)n(C)c1=O. The maximum atomic E-state index is 12.9. The molecule has 1 amide bonds. The summed E-state index contributed by atoms with van der Waals surface area (Å²) in [7, 11) is 2.92. The number of nitrogens with zero attached hydrogens (tertiary/aromatic N) is 2. The second kappa shape index (κ2) is 9.68. The van der Waals surface area contributed by atoms with Gasteiger partial charge >= 0.3 is 13.2 Å². The van der Waals surface area contributed by atoms with Crippen molar-refractivity contribution >= 4 is 37.2 Å². The molecule has 0 saturated carbocycles. The summed E-state index contributed by atoms with van der Waals surface area (Å²) in [5.74, 6) is -0.650. The molecule has 1 atom stereocenters. The van der Waals surface area contributed by atoms with Crippen molar-refractivity contribution < 1.29 is 14.6 Å². The number of aliphatic hydroxyl groups excluding tert-OH is 1. The molecule has 0 spiro atoms. The number of aliphatic hydroxyl groups is 1. The summed E-state index contributed by atoms with van der Waals surface area (Å²) < 4.78 is 7.58. The minimum atomic E-state index is -0.818. The number of aromatic nitrogens is 2. The van der Waals surface area contributed by atoms with Gasteiger partial charge in [-0.3, -0.25) is 18.7 Å². The molecule has 173 valence electrons. The third-order valence-corrected chi connectivity index (χ3v) is 6.17. The van der Waals surface area contributed by atoms with E-state index in [9.17, 15) is 19.5 Å². The van der Waals surface area contributed by atoms with Crippen LogP contribution < -0.4 is 22.0 Å². The lowest BCUT2D eigenvalue weighted by molar-refractivity contribution is 0.0854. The summed E-state index contributed by atoms with van der Waals surface area (Å²) in [6, 6.07) is 5.34. The minimum Gasteiger partial charge on any atom is -0.428 e. The van der Waals surface area contributed by atoms with Crippen LogP contribution in [0.25, 0.3) is 0 Å². The number of hydrogen-bond acceptors (Lipinski definition) is 6. The largest absolute Gasteiger partial charge is 0.428 e. The first-order valence-corrected chi connectivity index (χ1v) is 10.7. The van der Waals surface area contributed by atoms with E-state index in [1.807, 2.05) is 40.7 Å². The first-order valence-electron chi connectivity index (χ1n) is 10.3. The highest BCUT2D eigenvalue weighted by Gasteiger charge is 2.34. The third-order valence-electron chi connectivity index (χ3n) is 5.64. The van der Waals surface area contributed by atoms with E-state index < -0.39 is 33.6 Å². The molecule has 0 aliphatic carbocycles. The van der Waals surface area contributed by atoms with E-state index in [0.29, 0.717) is 5.69 Å². The number of thiol groups is 1. The monoisotopic (exact) mass is 460 g/mol. The minimum absolute atomic E-state index is 0.0364. The fourth-order valence-corrected chi connectivity index (χ4v) is 2.81. The lowest BCUT2D eigenvalue weighted by Crippen LogP contribution is -2.46. The van der Waals surface area contributed by atoms with Gasteiger partial charge in [0, 0.05) is 23.7 Å². The molecule has 1 unspecified atom stereocenters. The van der Waals surface area contributed by atoms with Crippen molar-refractivity contribution in [3.63, 3.8) is 0 Å². The highest BCUT2D eigenvalue weighted by Crippen LogP contribution is 2.30. The van der Waals surface area contributed by atoms with Gasteiger partial charge in [-0.1, -0.05) is 12.1 Å². The second-order valence-electron chi connectivity index (χ2n) is 8.97. The lowest BCUT2D eigenvalue weighted by atomic mass is 9.81. The van der Waals surface area contributed by atoms with Gasteiger partial charge < -0.3 is 15.1 Å². The van der Waals surface area contributed by atoms with Gasteiger partial charge in [0.25, 0.3) is 11.5 Å². The molecule has 32 heavy (non-hydrogen) atoms. The van der Waals surface area contributed by atoms with Crippen LogP contribution in [0.4, 0.5) is 5.69 Å². The standard InChI is InChI=1S/C22H31BN3O5S/c1-13(27)11-26-12-15(19(29)25(7)20(26)30)18(28)24-17-10-8-9-16(14(17)2)23-31-21(3,4)22(5,6)32/h8-10,12-13,27,32H,11H2,1-7H3,(H,24,28). The number of hydrogen-bond donors (Lipinski definition) is 3. The predicted octanol–water partition coefficient (Wildman–Crippen LogP) is 1.24. The number of rotatable bonds is 8. The number of benzene rings is 1. The highest BCUT2D eigenvalue weighted by atomic mass is 32.1. The topological polar surface area (TPSA) is 103 Å². The predicted molar refractivity (Wildman–Crippen MR) is 130 cm³/mol. The van der Waals surface area contributed by atoms with Gasteiger partial charge in [0.1, 0.15) is 5.56 Å². The third kappa shape index (κ3) is 5.73. The van der Waals surface area contributed by atoms with Crippen LogP contribution in [0.1, 0.15) is 50.5 Å². The lowest BCUT2D eigenvalue weighted by Gasteiger charge is -2.38. The number of amides is 1. The zero-order chi connectivity index (χ0) is 24.4. The Labute approximate surface area is 194 Å². The van der Waals surface area contributed by atoms with Crippen molar-refractivity contribution in [3.05, 3.63) is 56.4 Å². The van der Waals surface area contributed by atoms with Crippen LogP contribution >= 0.6 is 12.6 Å². The molecule has 1 aromatic carbocycles. The molecule has 1 radical (unpaired) electrons. The van der Waals surface area contributed by atoms with Crippen molar-refractivity contribution in [2.24, 2.45) is 7.05 Å². The fourth-order valence-electron chi connectivity index (χ4n) is 2.76. The molecular formula is C22H31BN3O5S. The Hall–Kier alpha value is -2.30. The fraction of sp³-hybridized carbons (Fsp3) is 0.500. The zero-order valence-corrected chi connectivity index (χ0v) is 20.5. The molecule has 0 fully saturated rings. The van der Waals surface area contributed by atoms with Gasteiger partial charge in [-0.05, 0) is 58.6 Å². The van der Waals surface area contributed by atoms with Gasteiger partial charge in [0.05, 0.1) is 18.2 Å². The van der Waals surface area contributed by atoms with Crippen LogP contribution in [0.5, 0.6) is 0 Å². The van der Waals surface area contributed by atoms with Crippen LogP contribution in [-0.2, 0) is 18.2 Å². The van der Waals surface area contributed by atoms with Gasteiger partial charge in [0.15, 0.2) is 0 Å². The Kier molecular flexibility index (Phi) is 7.85. The van der Waals surface area contributed by atoms with Gasteiger partial charge in [-0.15, -0.1) is 0 Å². The maximum absolute atomic E-state index is 12.9. The molecule has 0 aliphatic heterocycles. The van der Waals surface area contributed by atoms with E-state index in [2.05, 4.69) is 17.9 Å². The Morgan fingerprint density at radius 1 is 1.28 bits per heavy atom. The van der Waals surface area contributed by atoms with Crippen LogP contribution in [0.3, 0.4) is 0 Å². The average molecular weight is 460 g/mol. The molecule has 2 rings (SSSR count). The second-order valence-corrected chi connectivity index (χ2v) is 10.1. The number of carbonyl (C=O) groups is 1. The van der Waals surface area contributed by atoms with Crippen molar-refractivity contribution in [2.75, 3.05) is 5.32 Å². The summed E-state index contributed by atoms with van der Waals surface area (Å²) in [6.45, 7) is 11.1. The quantitative estimate of drug-likeness (QED) is 0.407. The summed E-state index contributed by atoms with van der Waals surface area (Å²) in [5, 5.41) is 12.4. The summed E-state index contributed by atoms with van der Waals surface area (Å²) >= 11 is 4.59. The first-order chi connectivity index (χ1) is 14.7. The van der Waals surface area contributed by atoms with E-state index in [4.69, 9.17) is 4.65 Å². The Balaban J connectivity index is 2.32. The van der Waals surface area contributed by atoms with E-state index in [0.717, 1.165) is 20.2 Å². The Bertz CT molecular complexity index is 1120. The van der Waals surface area contributed by atoms with Crippen LogP contribution in [0, 0.1) is 6.92 Å². The van der Waals surface area contributed by atoms with E-state index in [1.165, 1.54) is 20.2 Å². The number of carbonyl (C=O) groups excluding carboxylic acids is 1. The smallest absolute Gasteiger partial charge is 0.331 e. The van der Waals surface area contributed by atoms with Crippen LogP contribution in [0.2, 0.25) is 0 Å². The highest BCUT2D eigenvalue weighted by molar-refractivity contribution is 7.81. The molecule has 10 heteroatoms. The van der Waals surface area contributed by atoms with Gasteiger partial charge in [-0.2, -0.15) is 12.6 Å². The molecule has 8 nitrogen and oxygen atoms in total. The Morgan fingerprint density at radius 3 is 2.47 bits per heavy atom. The molecule has 1 aromatic heterocycles. The number of anilines is 1. The average Bonchev–Trinajstić information content (AvgIpc) is 2.67. The first kappa shape index (κ1) is 26.0. The van der Waals surface area contributed by atoms with Crippen LogP contribution in [-0.4, -0.2) is 44.1 Å². The summed E-state index contributed by atoms with van der Waals surface area (Å²) in [4.78, 5) is 37.6. The molecule has 1 heterocycles. The maximum Gasteiger partial charge on any atom is 0.331 e. The van der Waals surface area contributed by atoms with Crippen molar-refractivity contribution in [1.82, 2.24) is 9.13 Å². The summed E-state index contributed by atoms with van der Waals surface area (Å²) in [6.07, 6.45) is 0.361. The van der Waals surface area contributed by atoms with Crippen molar-refractivity contribution in [1.29, 1.82) is 0 Å². The van der Waals surface area contributed by atoms with Crippen LogP contribution in [0.15, 0.2) is 34.0 Å². The molecule has 0 bridgehead atoms. The Morgan fingerprint density at radius 2 is 1.91 bits per heavy atom. The van der Waals surface area contributed by atoms with Crippen molar-refractivity contribution in [2.45, 2.75) is 64.5 Å². The van der Waals surface area contributed by atoms with Gasteiger partial charge in [0.2, 0.25) is 0 Å². The number of nitrogens with one attached hydrogen (secondary N) is 1. The van der Waals surface area contributed by atoms with Gasteiger partial charge in [-0.25, -0.2) is 4.79 Å². The molecule has 2 N–H and O–H groups in total. The molecule has 2 aromatic rings. The molecule has 0 saturated heterocycles. The zero-order valence-electron chi connectivity index (χ0n) is 19.6. The van der Waals surface area contributed by atoms with E-state index in [1.54, 1.807) is 19.6 Å². The van der Waals surface area contributed by atoms with E-state index in [-0.39, 0.29) is 12.1 Å². The van der Waals surface area contributed by atoms with E-state index >= 15 is 0 Å². The normalized spacial score (nSPS) is 13.0. The molecular weight excluding hydrogens is 429 g/mol. The summed E-state index contributed by atoms with van der Waals surface area (Å²) in [5.41, 5.74) is -0.0431.